The van der Waals surface area contributed by atoms with Gasteiger partial charge in [-0.15, -0.1) is 0 Å². The lowest BCUT2D eigenvalue weighted by atomic mass is 10.1. The SMILES string of the molecule is O=C(CCc1ccccc1)NCCc1ccc(NS(=O)(=O)O)cc1. The number of nitrogens with one attached hydrogen (secondary N) is 2. The first-order chi connectivity index (χ1) is 11.4. The summed E-state index contributed by atoms with van der Waals surface area (Å²) >= 11 is 0. The van der Waals surface area contributed by atoms with Gasteiger partial charge < -0.3 is 5.32 Å². The molecule has 7 heteroatoms. The van der Waals surface area contributed by atoms with Gasteiger partial charge in [-0.05, 0) is 36.1 Å². The Kier molecular flexibility index (Phi) is 6.34. The van der Waals surface area contributed by atoms with Crippen LogP contribution >= 0.6 is 0 Å². The average Bonchev–Trinajstić information content (AvgIpc) is 2.54. The number of amides is 1. The van der Waals surface area contributed by atoms with Gasteiger partial charge in [0.05, 0.1) is 5.69 Å². The molecule has 0 atom stereocenters. The average molecular weight is 348 g/mol. The molecular weight excluding hydrogens is 328 g/mol. The summed E-state index contributed by atoms with van der Waals surface area (Å²) in [7, 11) is -4.25. The molecule has 0 saturated heterocycles. The Morgan fingerprint density at radius 2 is 1.54 bits per heavy atom. The van der Waals surface area contributed by atoms with E-state index in [-0.39, 0.29) is 11.6 Å². The predicted molar refractivity (Wildman–Crippen MR) is 93.1 cm³/mol. The molecule has 0 fully saturated rings. The van der Waals surface area contributed by atoms with Gasteiger partial charge in [-0.2, -0.15) is 8.42 Å². The molecule has 0 aliphatic heterocycles. The summed E-state index contributed by atoms with van der Waals surface area (Å²) in [4.78, 5) is 11.8. The van der Waals surface area contributed by atoms with Crippen LogP contribution in [0.25, 0.3) is 0 Å². The second-order valence-corrected chi connectivity index (χ2v) is 6.51. The molecule has 0 spiro atoms. The van der Waals surface area contributed by atoms with Gasteiger partial charge in [0.15, 0.2) is 0 Å². The van der Waals surface area contributed by atoms with Gasteiger partial charge in [0.25, 0.3) is 0 Å². The molecule has 2 aromatic rings. The Hall–Kier alpha value is -2.38. The summed E-state index contributed by atoms with van der Waals surface area (Å²) in [6, 6.07) is 16.4. The molecule has 6 nitrogen and oxygen atoms in total. The lowest BCUT2D eigenvalue weighted by Gasteiger charge is -2.07. The zero-order valence-electron chi connectivity index (χ0n) is 13.1. The van der Waals surface area contributed by atoms with Crippen molar-refractivity contribution in [2.75, 3.05) is 11.3 Å². The highest BCUT2D eigenvalue weighted by molar-refractivity contribution is 7.87. The lowest BCUT2D eigenvalue weighted by Crippen LogP contribution is -2.25. The smallest absolute Gasteiger partial charge is 0.356 e. The van der Waals surface area contributed by atoms with Crippen molar-refractivity contribution in [2.24, 2.45) is 0 Å². The number of carbonyl (C=O) groups excluding carboxylic acids is 1. The topological polar surface area (TPSA) is 95.5 Å². The molecule has 0 aromatic heterocycles. The Morgan fingerprint density at radius 1 is 0.917 bits per heavy atom. The molecule has 0 unspecified atom stereocenters. The second kappa shape index (κ2) is 8.47. The number of carbonyl (C=O) groups is 1. The molecule has 0 saturated carbocycles. The van der Waals surface area contributed by atoms with E-state index in [0.29, 0.717) is 25.8 Å². The maximum Gasteiger partial charge on any atom is 0.357 e. The summed E-state index contributed by atoms with van der Waals surface area (Å²) in [5.74, 6) is 0.00325. The second-order valence-electron chi connectivity index (χ2n) is 5.36. The molecule has 0 bridgehead atoms. The standard InChI is InChI=1S/C17H20N2O4S/c20-17(11-8-14-4-2-1-3-5-14)18-13-12-15-6-9-16(10-7-15)19-24(21,22)23/h1-7,9-10,19H,8,11-13H2,(H,18,20)(H,21,22,23). The minimum Gasteiger partial charge on any atom is -0.356 e. The molecular formula is C17H20N2O4S. The number of aryl methyl sites for hydroxylation is 1. The fourth-order valence-electron chi connectivity index (χ4n) is 2.23. The van der Waals surface area contributed by atoms with Crippen LogP contribution < -0.4 is 10.0 Å². The highest BCUT2D eigenvalue weighted by atomic mass is 32.2. The minimum atomic E-state index is -4.25. The van der Waals surface area contributed by atoms with E-state index in [1.54, 1.807) is 24.3 Å². The first-order valence-electron chi connectivity index (χ1n) is 7.57. The van der Waals surface area contributed by atoms with Crippen LogP contribution in [0.2, 0.25) is 0 Å². The van der Waals surface area contributed by atoms with Crippen molar-refractivity contribution in [1.29, 1.82) is 0 Å². The zero-order valence-corrected chi connectivity index (χ0v) is 13.9. The maximum absolute atomic E-state index is 11.8. The first-order valence-corrected chi connectivity index (χ1v) is 9.01. The van der Waals surface area contributed by atoms with Crippen LogP contribution in [-0.2, 0) is 27.9 Å². The number of anilines is 1. The number of rotatable bonds is 8. The van der Waals surface area contributed by atoms with Crippen LogP contribution in [0.4, 0.5) is 5.69 Å². The number of hydrogen-bond donors (Lipinski definition) is 3. The first kappa shape index (κ1) is 18.0. The highest BCUT2D eigenvalue weighted by Gasteiger charge is 2.04. The van der Waals surface area contributed by atoms with E-state index in [9.17, 15) is 13.2 Å². The van der Waals surface area contributed by atoms with Crippen LogP contribution in [0, 0.1) is 0 Å². The summed E-state index contributed by atoms with van der Waals surface area (Å²) in [5.41, 5.74) is 2.38. The van der Waals surface area contributed by atoms with E-state index in [1.807, 2.05) is 35.1 Å². The molecule has 128 valence electrons. The fourth-order valence-corrected chi connectivity index (χ4v) is 2.66. The maximum atomic E-state index is 11.8. The normalized spacial score (nSPS) is 11.0. The van der Waals surface area contributed by atoms with E-state index in [2.05, 4.69) is 5.32 Å². The van der Waals surface area contributed by atoms with Gasteiger partial charge in [0.2, 0.25) is 5.91 Å². The van der Waals surface area contributed by atoms with Crippen molar-refractivity contribution < 1.29 is 17.8 Å². The Labute approximate surface area is 141 Å². The quantitative estimate of drug-likeness (QED) is 0.637. The zero-order chi connectivity index (χ0) is 17.4. The Bertz CT molecular complexity index is 759. The third-order valence-electron chi connectivity index (χ3n) is 3.42. The molecule has 2 aromatic carbocycles. The molecule has 0 aliphatic rings. The van der Waals surface area contributed by atoms with E-state index in [4.69, 9.17) is 4.55 Å². The molecule has 0 aliphatic carbocycles. The van der Waals surface area contributed by atoms with Crippen molar-refractivity contribution in [2.45, 2.75) is 19.3 Å². The van der Waals surface area contributed by atoms with Gasteiger partial charge in [0, 0.05) is 13.0 Å². The Balaban J connectivity index is 1.70. The van der Waals surface area contributed by atoms with Gasteiger partial charge in [-0.3, -0.25) is 14.1 Å². The van der Waals surface area contributed by atoms with Crippen molar-refractivity contribution in [3.8, 4) is 0 Å². The van der Waals surface area contributed by atoms with Crippen LogP contribution in [0.1, 0.15) is 17.5 Å². The molecule has 2 rings (SSSR count). The minimum absolute atomic E-state index is 0.00325. The van der Waals surface area contributed by atoms with E-state index < -0.39 is 10.3 Å². The van der Waals surface area contributed by atoms with Crippen LogP contribution in [0.15, 0.2) is 54.6 Å². The summed E-state index contributed by atoms with van der Waals surface area (Å²) in [5, 5.41) is 2.86. The number of hydrogen-bond acceptors (Lipinski definition) is 3. The van der Waals surface area contributed by atoms with E-state index >= 15 is 0 Å². The van der Waals surface area contributed by atoms with Crippen molar-refractivity contribution in [1.82, 2.24) is 5.32 Å². The van der Waals surface area contributed by atoms with Crippen LogP contribution in [0.5, 0.6) is 0 Å². The molecule has 0 radical (unpaired) electrons. The van der Waals surface area contributed by atoms with Crippen molar-refractivity contribution in [3.05, 3.63) is 65.7 Å². The fraction of sp³-hybridized carbons (Fsp3) is 0.235. The molecule has 3 N–H and O–H groups in total. The van der Waals surface area contributed by atoms with Crippen molar-refractivity contribution in [3.63, 3.8) is 0 Å². The van der Waals surface area contributed by atoms with E-state index in [0.717, 1.165) is 11.1 Å². The van der Waals surface area contributed by atoms with E-state index in [1.165, 1.54) is 0 Å². The van der Waals surface area contributed by atoms with Crippen LogP contribution in [0.3, 0.4) is 0 Å². The summed E-state index contributed by atoms with van der Waals surface area (Å²) in [6.45, 7) is 0.513. The van der Waals surface area contributed by atoms with Crippen LogP contribution in [-0.4, -0.2) is 25.4 Å². The monoisotopic (exact) mass is 348 g/mol. The molecule has 1 amide bonds. The van der Waals surface area contributed by atoms with Gasteiger partial charge in [-0.1, -0.05) is 42.5 Å². The van der Waals surface area contributed by atoms with Gasteiger partial charge >= 0.3 is 10.3 Å². The number of benzene rings is 2. The molecule has 24 heavy (non-hydrogen) atoms. The predicted octanol–water partition coefficient (Wildman–Crippen LogP) is 2.19. The Morgan fingerprint density at radius 3 is 2.17 bits per heavy atom. The third-order valence-corrected chi connectivity index (χ3v) is 3.91. The largest absolute Gasteiger partial charge is 0.357 e. The lowest BCUT2D eigenvalue weighted by molar-refractivity contribution is -0.121. The summed E-state index contributed by atoms with van der Waals surface area (Å²) in [6.07, 6.45) is 1.80. The van der Waals surface area contributed by atoms with Gasteiger partial charge in [0.1, 0.15) is 0 Å². The summed E-state index contributed by atoms with van der Waals surface area (Å²) < 4.78 is 32.0. The van der Waals surface area contributed by atoms with Crippen molar-refractivity contribution >= 4 is 21.9 Å². The van der Waals surface area contributed by atoms with Gasteiger partial charge in [-0.25, -0.2) is 0 Å². The third kappa shape index (κ3) is 6.80. The highest BCUT2D eigenvalue weighted by Crippen LogP contribution is 2.11. The molecule has 0 heterocycles.